The molecule has 0 saturated carbocycles. The molecule has 0 unspecified atom stereocenters. The van der Waals surface area contributed by atoms with Crippen LogP contribution in [0, 0.1) is 6.92 Å². The maximum Gasteiger partial charge on any atom is 0.220 e. The van der Waals surface area contributed by atoms with Crippen LogP contribution in [-0.2, 0) is 16.0 Å². The molecule has 1 rings (SSSR count). The van der Waals surface area contributed by atoms with Crippen molar-refractivity contribution in [1.82, 2.24) is 5.32 Å². The van der Waals surface area contributed by atoms with Crippen LogP contribution in [0.5, 0.6) is 0 Å². The molecule has 1 amide bonds. The number of hydrogen-bond donors (Lipinski definition) is 1. The summed E-state index contributed by atoms with van der Waals surface area (Å²) < 4.78 is 4.96. The molecule has 0 bridgehead atoms. The van der Waals surface area contributed by atoms with Gasteiger partial charge in [0.2, 0.25) is 5.91 Å². The number of unbranched alkanes of at least 4 members (excludes halogenated alkanes) is 1. The smallest absolute Gasteiger partial charge is 0.220 e. The molecule has 0 aliphatic carbocycles. The standard InChI is InChI=1S/C16H25NO2/c1-14-8-3-4-9-15(14)10-7-11-16(18)17-12-5-6-13-19-2/h3-4,8-9H,5-7,10-13H2,1-2H3,(H,17,18). The summed E-state index contributed by atoms with van der Waals surface area (Å²) in [5.41, 5.74) is 2.65. The monoisotopic (exact) mass is 263 g/mol. The number of methoxy groups -OCH3 is 1. The van der Waals surface area contributed by atoms with Crippen molar-refractivity contribution in [2.24, 2.45) is 0 Å². The van der Waals surface area contributed by atoms with Crippen molar-refractivity contribution >= 4 is 5.91 Å². The molecule has 1 aromatic carbocycles. The maximum absolute atomic E-state index is 11.6. The van der Waals surface area contributed by atoms with E-state index in [1.54, 1.807) is 7.11 Å². The maximum atomic E-state index is 11.6. The topological polar surface area (TPSA) is 38.3 Å². The molecular formula is C16H25NO2. The van der Waals surface area contributed by atoms with E-state index in [1.807, 2.05) is 6.07 Å². The van der Waals surface area contributed by atoms with E-state index in [-0.39, 0.29) is 5.91 Å². The lowest BCUT2D eigenvalue weighted by atomic mass is 10.0. The van der Waals surface area contributed by atoms with Crippen molar-refractivity contribution in [2.45, 2.75) is 39.0 Å². The molecule has 0 aromatic heterocycles. The fourth-order valence-electron chi connectivity index (χ4n) is 2.02. The fourth-order valence-corrected chi connectivity index (χ4v) is 2.02. The van der Waals surface area contributed by atoms with Crippen molar-refractivity contribution in [3.05, 3.63) is 35.4 Å². The quantitative estimate of drug-likeness (QED) is 0.696. The highest BCUT2D eigenvalue weighted by Crippen LogP contribution is 2.10. The largest absolute Gasteiger partial charge is 0.385 e. The minimum Gasteiger partial charge on any atom is -0.385 e. The minimum absolute atomic E-state index is 0.158. The van der Waals surface area contributed by atoms with Gasteiger partial charge in [-0.15, -0.1) is 0 Å². The Bertz CT molecular complexity index is 377. The summed E-state index contributed by atoms with van der Waals surface area (Å²) in [5, 5.41) is 2.95. The normalized spacial score (nSPS) is 10.4. The van der Waals surface area contributed by atoms with Crippen molar-refractivity contribution in [3.8, 4) is 0 Å². The minimum atomic E-state index is 0.158. The molecule has 1 N–H and O–H groups in total. The first kappa shape index (κ1) is 15.7. The van der Waals surface area contributed by atoms with Gasteiger partial charge in [0.1, 0.15) is 0 Å². The third-order valence-corrected chi connectivity index (χ3v) is 3.21. The Kier molecular flexibility index (Phi) is 7.91. The summed E-state index contributed by atoms with van der Waals surface area (Å²) in [6.07, 6.45) is 4.48. The van der Waals surface area contributed by atoms with Gasteiger partial charge in [0.15, 0.2) is 0 Å². The number of ether oxygens (including phenoxy) is 1. The molecule has 0 aliphatic rings. The SMILES string of the molecule is COCCCCNC(=O)CCCc1ccccc1C. The van der Waals surface area contributed by atoms with Crippen LogP contribution in [0.4, 0.5) is 0 Å². The van der Waals surface area contributed by atoms with Gasteiger partial charge >= 0.3 is 0 Å². The molecule has 0 fully saturated rings. The summed E-state index contributed by atoms with van der Waals surface area (Å²) in [6.45, 7) is 3.64. The van der Waals surface area contributed by atoms with E-state index >= 15 is 0 Å². The van der Waals surface area contributed by atoms with Crippen LogP contribution >= 0.6 is 0 Å². The van der Waals surface area contributed by atoms with E-state index < -0.39 is 0 Å². The van der Waals surface area contributed by atoms with Gasteiger partial charge in [0.05, 0.1) is 0 Å². The number of amides is 1. The van der Waals surface area contributed by atoms with Gasteiger partial charge in [0.25, 0.3) is 0 Å². The number of carbonyl (C=O) groups excluding carboxylic acids is 1. The Labute approximate surface area is 116 Å². The lowest BCUT2D eigenvalue weighted by molar-refractivity contribution is -0.121. The predicted octanol–water partition coefficient (Wildman–Crippen LogP) is 2.86. The van der Waals surface area contributed by atoms with Crippen LogP contribution in [0.25, 0.3) is 0 Å². The first-order valence-corrected chi connectivity index (χ1v) is 7.04. The molecule has 3 nitrogen and oxygen atoms in total. The average molecular weight is 263 g/mol. The van der Waals surface area contributed by atoms with Crippen LogP contribution in [-0.4, -0.2) is 26.2 Å². The average Bonchev–Trinajstić information content (AvgIpc) is 2.41. The summed E-state index contributed by atoms with van der Waals surface area (Å²) in [4.78, 5) is 11.6. The van der Waals surface area contributed by atoms with Gasteiger partial charge in [-0.25, -0.2) is 0 Å². The number of aryl methyl sites for hydroxylation is 2. The third kappa shape index (κ3) is 6.97. The van der Waals surface area contributed by atoms with Gasteiger partial charge in [-0.2, -0.15) is 0 Å². The van der Waals surface area contributed by atoms with Crippen LogP contribution in [0.3, 0.4) is 0 Å². The summed E-state index contributed by atoms with van der Waals surface area (Å²) in [5.74, 6) is 0.158. The van der Waals surface area contributed by atoms with Crippen molar-refractivity contribution in [1.29, 1.82) is 0 Å². The predicted molar refractivity (Wildman–Crippen MR) is 78.2 cm³/mol. The number of benzene rings is 1. The van der Waals surface area contributed by atoms with E-state index in [2.05, 4.69) is 30.4 Å². The highest BCUT2D eigenvalue weighted by molar-refractivity contribution is 5.75. The zero-order chi connectivity index (χ0) is 13.9. The zero-order valence-corrected chi connectivity index (χ0v) is 12.1. The highest BCUT2D eigenvalue weighted by Gasteiger charge is 2.02. The fraction of sp³-hybridized carbons (Fsp3) is 0.562. The Morgan fingerprint density at radius 3 is 2.74 bits per heavy atom. The van der Waals surface area contributed by atoms with Crippen LogP contribution in [0.15, 0.2) is 24.3 Å². The second-order valence-corrected chi connectivity index (χ2v) is 4.83. The summed E-state index contributed by atoms with van der Waals surface area (Å²) in [7, 11) is 1.70. The molecule has 0 heterocycles. The molecule has 106 valence electrons. The molecule has 0 spiro atoms. The van der Waals surface area contributed by atoms with Crippen molar-refractivity contribution < 1.29 is 9.53 Å². The summed E-state index contributed by atoms with van der Waals surface area (Å²) in [6, 6.07) is 8.35. The van der Waals surface area contributed by atoms with Crippen molar-refractivity contribution in [2.75, 3.05) is 20.3 Å². The Balaban J connectivity index is 2.09. The lowest BCUT2D eigenvalue weighted by Crippen LogP contribution is -2.24. The van der Waals surface area contributed by atoms with Gasteiger partial charge in [-0.3, -0.25) is 4.79 Å². The first-order valence-electron chi connectivity index (χ1n) is 7.04. The molecule has 19 heavy (non-hydrogen) atoms. The van der Waals surface area contributed by atoms with E-state index in [9.17, 15) is 4.79 Å². The molecule has 0 atom stereocenters. The Morgan fingerprint density at radius 1 is 1.21 bits per heavy atom. The van der Waals surface area contributed by atoms with E-state index in [4.69, 9.17) is 4.74 Å². The van der Waals surface area contributed by atoms with Gasteiger partial charge in [-0.05, 0) is 43.7 Å². The molecule has 0 radical (unpaired) electrons. The Morgan fingerprint density at radius 2 is 2.00 bits per heavy atom. The van der Waals surface area contributed by atoms with Gasteiger partial charge in [0, 0.05) is 26.7 Å². The van der Waals surface area contributed by atoms with Gasteiger partial charge in [-0.1, -0.05) is 24.3 Å². The molecule has 1 aromatic rings. The second kappa shape index (κ2) is 9.56. The van der Waals surface area contributed by atoms with Crippen LogP contribution in [0.1, 0.15) is 36.8 Å². The van der Waals surface area contributed by atoms with E-state index in [0.29, 0.717) is 6.42 Å². The van der Waals surface area contributed by atoms with Crippen LogP contribution < -0.4 is 5.32 Å². The summed E-state index contributed by atoms with van der Waals surface area (Å²) >= 11 is 0. The molecular weight excluding hydrogens is 238 g/mol. The third-order valence-electron chi connectivity index (χ3n) is 3.21. The number of nitrogens with one attached hydrogen (secondary N) is 1. The Hall–Kier alpha value is -1.35. The first-order chi connectivity index (χ1) is 9.24. The number of hydrogen-bond acceptors (Lipinski definition) is 2. The zero-order valence-electron chi connectivity index (χ0n) is 12.1. The number of rotatable bonds is 9. The molecule has 0 aliphatic heterocycles. The van der Waals surface area contributed by atoms with E-state index in [0.717, 1.165) is 38.8 Å². The van der Waals surface area contributed by atoms with E-state index in [1.165, 1.54) is 11.1 Å². The van der Waals surface area contributed by atoms with Gasteiger partial charge < -0.3 is 10.1 Å². The highest BCUT2D eigenvalue weighted by atomic mass is 16.5. The second-order valence-electron chi connectivity index (χ2n) is 4.83. The molecule has 0 saturated heterocycles. The van der Waals surface area contributed by atoms with Crippen molar-refractivity contribution in [3.63, 3.8) is 0 Å². The number of carbonyl (C=O) groups is 1. The lowest BCUT2D eigenvalue weighted by Gasteiger charge is -2.06. The molecule has 3 heteroatoms. The van der Waals surface area contributed by atoms with Crippen LogP contribution in [0.2, 0.25) is 0 Å².